The van der Waals surface area contributed by atoms with Gasteiger partial charge in [0.05, 0.1) is 0 Å². The lowest BCUT2D eigenvalue weighted by Crippen LogP contribution is -2.54. The van der Waals surface area contributed by atoms with E-state index in [1.54, 1.807) is 5.56 Å². The first kappa shape index (κ1) is 12.9. The van der Waals surface area contributed by atoms with Gasteiger partial charge in [0.15, 0.2) is 0 Å². The zero-order valence-electron chi connectivity index (χ0n) is 12.6. The van der Waals surface area contributed by atoms with E-state index in [9.17, 15) is 0 Å². The van der Waals surface area contributed by atoms with Crippen molar-refractivity contribution in [2.45, 2.75) is 50.9 Å². The molecular weight excluding hydrogens is 242 g/mol. The predicted octanol–water partition coefficient (Wildman–Crippen LogP) is 3.90. The van der Waals surface area contributed by atoms with Crippen LogP contribution in [0.4, 0.5) is 0 Å². The van der Waals surface area contributed by atoms with Crippen LogP contribution in [0.25, 0.3) is 0 Å². The van der Waals surface area contributed by atoms with E-state index in [0.29, 0.717) is 5.41 Å². The molecule has 5 rings (SSSR count). The van der Waals surface area contributed by atoms with Crippen molar-refractivity contribution in [2.75, 3.05) is 6.54 Å². The van der Waals surface area contributed by atoms with Gasteiger partial charge < -0.3 is 5.73 Å². The summed E-state index contributed by atoms with van der Waals surface area (Å²) in [4.78, 5) is 0. The van der Waals surface area contributed by atoms with Crippen molar-refractivity contribution in [1.82, 2.24) is 0 Å². The second-order valence-electron chi connectivity index (χ2n) is 7.70. The van der Waals surface area contributed by atoms with E-state index in [-0.39, 0.29) is 0 Å². The van der Waals surface area contributed by atoms with Crippen LogP contribution in [0.3, 0.4) is 0 Å². The van der Waals surface area contributed by atoms with Gasteiger partial charge in [0, 0.05) is 0 Å². The molecule has 4 aliphatic rings. The van der Waals surface area contributed by atoms with Gasteiger partial charge in [-0.15, -0.1) is 0 Å². The lowest BCUT2D eigenvalue weighted by atomic mass is 9.45. The maximum Gasteiger partial charge on any atom is -0.00388 e. The molecule has 0 aromatic heterocycles. The fourth-order valence-corrected chi connectivity index (χ4v) is 5.96. The Morgan fingerprint density at radius 2 is 1.70 bits per heavy atom. The normalized spacial score (nSPS) is 42.1. The molecule has 4 saturated carbocycles. The maximum absolute atomic E-state index is 6.07. The standard InChI is InChI=1S/C19H27N/c1-2-13-3-5-17(6-4-13)19-9-14-7-15(10-19)18(12-20)16(8-14)11-19/h3-6,14-16,18H,2,7-12,20H2,1H3. The molecule has 108 valence electrons. The second-order valence-corrected chi connectivity index (χ2v) is 7.70. The highest BCUT2D eigenvalue weighted by Crippen LogP contribution is 2.62. The minimum Gasteiger partial charge on any atom is -0.330 e. The van der Waals surface area contributed by atoms with Gasteiger partial charge in [-0.3, -0.25) is 0 Å². The van der Waals surface area contributed by atoms with Crippen LogP contribution in [0.5, 0.6) is 0 Å². The zero-order valence-corrected chi connectivity index (χ0v) is 12.6. The lowest BCUT2D eigenvalue weighted by molar-refractivity contribution is -0.0524. The van der Waals surface area contributed by atoms with E-state index in [4.69, 9.17) is 5.73 Å². The van der Waals surface area contributed by atoms with E-state index >= 15 is 0 Å². The van der Waals surface area contributed by atoms with Crippen LogP contribution in [-0.2, 0) is 11.8 Å². The lowest BCUT2D eigenvalue weighted by Gasteiger charge is -2.60. The Hall–Kier alpha value is -0.820. The van der Waals surface area contributed by atoms with Crippen molar-refractivity contribution >= 4 is 0 Å². The Bertz CT molecular complexity index is 473. The molecule has 0 heterocycles. The monoisotopic (exact) mass is 269 g/mol. The molecule has 1 nitrogen and oxygen atoms in total. The van der Waals surface area contributed by atoms with E-state index in [2.05, 4.69) is 31.2 Å². The average Bonchev–Trinajstić information content (AvgIpc) is 2.47. The topological polar surface area (TPSA) is 26.0 Å². The van der Waals surface area contributed by atoms with Gasteiger partial charge in [0.25, 0.3) is 0 Å². The van der Waals surface area contributed by atoms with Gasteiger partial charge in [-0.05, 0) is 85.3 Å². The molecule has 2 atom stereocenters. The predicted molar refractivity (Wildman–Crippen MR) is 83.6 cm³/mol. The fourth-order valence-electron chi connectivity index (χ4n) is 5.96. The van der Waals surface area contributed by atoms with Gasteiger partial charge in [-0.1, -0.05) is 31.2 Å². The van der Waals surface area contributed by atoms with E-state index in [0.717, 1.165) is 36.6 Å². The summed E-state index contributed by atoms with van der Waals surface area (Å²) in [5.74, 6) is 3.64. The molecule has 4 aliphatic carbocycles. The Balaban J connectivity index is 1.67. The number of benzene rings is 1. The molecule has 4 bridgehead atoms. The summed E-state index contributed by atoms with van der Waals surface area (Å²) in [6, 6.07) is 9.58. The Kier molecular flexibility index (Phi) is 2.96. The van der Waals surface area contributed by atoms with Crippen LogP contribution in [0.1, 0.15) is 50.2 Å². The summed E-state index contributed by atoms with van der Waals surface area (Å²) in [6.45, 7) is 3.17. The van der Waals surface area contributed by atoms with Gasteiger partial charge in [-0.25, -0.2) is 0 Å². The summed E-state index contributed by atoms with van der Waals surface area (Å²) in [5.41, 5.74) is 9.68. The van der Waals surface area contributed by atoms with Crippen molar-refractivity contribution in [3.63, 3.8) is 0 Å². The Labute approximate surface area is 122 Å². The molecule has 1 aromatic carbocycles. The summed E-state index contributed by atoms with van der Waals surface area (Å²) < 4.78 is 0. The number of aryl methyl sites for hydroxylation is 1. The highest BCUT2D eigenvalue weighted by atomic mass is 14.7. The first-order chi connectivity index (χ1) is 9.74. The largest absolute Gasteiger partial charge is 0.330 e. The molecule has 0 spiro atoms. The van der Waals surface area contributed by atoms with Crippen molar-refractivity contribution in [1.29, 1.82) is 0 Å². The van der Waals surface area contributed by atoms with Crippen molar-refractivity contribution in [3.8, 4) is 0 Å². The zero-order chi connectivity index (χ0) is 13.7. The summed E-state index contributed by atoms with van der Waals surface area (Å²) in [7, 11) is 0. The minimum absolute atomic E-state index is 0.508. The first-order valence-electron chi connectivity index (χ1n) is 8.53. The molecular formula is C19H27N. The molecule has 1 aromatic rings. The SMILES string of the molecule is CCc1ccc(C23CC4CC(C2)C(CN)C(C4)C3)cc1. The summed E-state index contributed by atoms with van der Waals surface area (Å²) in [5, 5.41) is 0. The second kappa shape index (κ2) is 4.59. The van der Waals surface area contributed by atoms with Crippen molar-refractivity contribution in [3.05, 3.63) is 35.4 Å². The number of hydrogen-bond acceptors (Lipinski definition) is 1. The number of nitrogens with two attached hydrogens (primary N) is 1. The summed E-state index contributed by atoms with van der Waals surface area (Å²) in [6.07, 6.45) is 8.35. The third-order valence-electron chi connectivity index (χ3n) is 6.72. The highest BCUT2D eigenvalue weighted by Gasteiger charge is 2.55. The molecule has 1 heteroatoms. The van der Waals surface area contributed by atoms with Crippen LogP contribution in [0.2, 0.25) is 0 Å². The molecule has 2 unspecified atom stereocenters. The summed E-state index contributed by atoms with van der Waals surface area (Å²) >= 11 is 0. The first-order valence-corrected chi connectivity index (χ1v) is 8.53. The van der Waals surface area contributed by atoms with Crippen LogP contribution in [0.15, 0.2) is 24.3 Å². The van der Waals surface area contributed by atoms with Gasteiger partial charge in [-0.2, -0.15) is 0 Å². The van der Waals surface area contributed by atoms with Gasteiger partial charge in [0.1, 0.15) is 0 Å². The van der Waals surface area contributed by atoms with Crippen LogP contribution in [-0.4, -0.2) is 6.54 Å². The smallest absolute Gasteiger partial charge is 0.00388 e. The van der Waals surface area contributed by atoms with Gasteiger partial charge >= 0.3 is 0 Å². The quantitative estimate of drug-likeness (QED) is 0.885. The third-order valence-corrected chi connectivity index (χ3v) is 6.72. The Morgan fingerprint density at radius 1 is 1.05 bits per heavy atom. The third kappa shape index (κ3) is 1.79. The highest BCUT2D eigenvalue weighted by molar-refractivity contribution is 5.32. The van der Waals surface area contributed by atoms with Crippen molar-refractivity contribution < 1.29 is 0 Å². The van der Waals surface area contributed by atoms with E-state index in [1.807, 2.05) is 0 Å². The van der Waals surface area contributed by atoms with E-state index < -0.39 is 0 Å². The molecule has 20 heavy (non-hydrogen) atoms. The fraction of sp³-hybridized carbons (Fsp3) is 0.684. The van der Waals surface area contributed by atoms with Crippen LogP contribution < -0.4 is 5.73 Å². The molecule has 4 fully saturated rings. The molecule has 0 radical (unpaired) electrons. The average molecular weight is 269 g/mol. The number of hydrogen-bond donors (Lipinski definition) is 1. The minimum atomic E-state index is 0.508. The Morgan fingerprint density at radius 3 is 2.25 bits per heavy atom. The van der Waals surface area contributed by atoms with Crippen molar-refractivity contribution in [2.24, 2.45) is 29.4 Å². The van der Waals surface area contributed by atoms with E-state index in [1.165, 1.54) is 37.7 Å². The maximum atomic E-state index is 6.07. The van der Waals surface area contributed by atoms with Crippen LogP contribution >= 0.6 is 0 Å². The van der Waals surface area contributed by atoms with Crippen LogP contribution in [0, 0.1) is 23.7 Å². The van der Waals surface area contributed by atoms with Gasteiger partial charge in [0.2, 0.25) is 0 Å². The molecule has 0 saturated heterocycles. The molecule has 2 N–H and O–H groups in total. The number of rotatable bonds is 3. The molecule has 0 amide bonds. The molecule has 0 aliphatic heterocycles.